The van der Waals surface area contributed by atoms with Gasteiger partial charge in [0.25, 0.3) is 0 Å². The molecule has 1 fully saturated rings. The Morgan fingerprint density at radius 3 is 2.71 bits per heavy atom. The fraction of sp³-hybridized carbons (Fsp3) is 0.500. The van der Waals surface area contributed by atoms with Gasteiger partial charge >= 0.3 is 12.1 Å². The average Bonchev–Trinajstić information content (AvgIpc) is 3.27. The normalized spacial score (nSPS) is 18.0. The predicted octanol–water partition coefficient (Wildman–Crippen LogP) is 3.62. The number of amides is 1. The summed E-state index contributed by atoms with van der Waals surface area (Å²) >= 11 is 0. The van der Waals surface area contributed by atoms with Gasteiger partial charge in [-0.15, -0.1) is 0 Å². The van der Waals surface area contributed by atoms with Crippen molar-refractivity contribution in [1.82, 2.24) is 14.9 Å². The Balaban J connectivity index is 1.52. The molecule has 9 nitrogen and oxygen atoms in total. The van der Waals surface area contributed by atoms with Crippen LogP contribution in [0.2, 0.25) is 0 Å². The standard InChI is InChI=1S/C24H30FN5O4/c1-24(2,3)34-23(32)29-8-7-16(14-29)13-28-9-10-30(20-12-26-15-27-21(20)28)19-6-5-17(25)11-18(19)22(31)33-4/h5-6,11-12,15-16H,7-10,13-14H2,1-4H3. The van der Waals surface area contributed by atoms with Crippen molar-refractivity contribution in [3.8, 4) is 0 Å². The minimum atomic E-state index is -0.608. The molecule has 0 aliphatic carbocycles. The Morgan fingerprint density at radius 2 is 1.97 bits per heavy atom. The second-order valence-corrected chi connectivity index (χ2v) is 9.56. The second-order valence-electron chi connectivity index (χ2n) is 9.56. The molecule has 0 saturated carbocycles. The van der Waals surface area contributed by atoms with Crippen molar-refractivity contribution >= 4 is 29.3 Å². The summed E-state index contributed by atoms with van der Waals surface area (Å²) in [6, 6.07) is 4.08. The minimum absolute atomic E-state index is 0.148. The topological polar surface area (TPSA) is 88.1 Å². The smallest absolute Gasteiger partial charge is 0.410 e. The largest absolute Gasteiger partial charge is 0.465 e. The number of esters is 1. The molecule has 1 atom stereocenters. The maximum atomic E-state index is 13.9. The lowest BCUT2D eigenvalue weighted by atomic mass is 10.1. The van der Waals surface area contributed by atoms with E-state index in [9.17, 15) is 14.0 Å². The number of benzene rings is 1. The summed E-state index contributed by atoms with van der Waals surface area (Å²) in [5.41, 5.74) is 0.896. The van der Waals surface area contributed by atoms with Crippen molar-refractivity contribution in [2.45, 2.75) is 32.8 Å². The van der Waals surface area contributed by atoms with E-state index in [1.807, 2.05) is 25.7 Å². The Labute approximate surface area is 198 Å². The molecule has 4 rings (SSSR count). The number of nitrogens with zero attached hydrogens (tertiary/aromatic N) is 5. The van der Waals surface area contributed by atoms with Gasteiger partial charge in [-0.25, -0.2) is 23.9 Å². The Hall–Kier alpha value is -3.43. The first-order valence-electron chi connectivity index (χ1n) is 11.3. The first kappa shape index (κ1) is 23.7. The van der Waals surface area contributed by atoms with E-state index >= 15 is 0 Å². The quantitative estimate of drug-likeness (QED) is 0.625. The van der Waals surface area contributed by atoms with E-state index in [0.29, 0.717) is 31.9 Å². The summed E-state index contributed by atoms with van der Waals surface area (Å²) < 4.78 is 24.3. The molecule has 10 heteroatoms. The summed E-state index contributed by atoms with van der Waals surface area (Å²) in [6.45, 7) is 8.80. The molecule has 2 aromatic rings. The first-order valence-corrected chi connectivity index (χ1v) is 11.3. The molecule has 1 amide bonds. The number of hydrogen-bond acceptors (Lipinski definition) is 8. The molecule has 1 saturated heterocycles. The lowest BCUT2D eigenvalue weighted by molar-refractivity contribution is 0.0288. The number of aromatic nitrogens is 2. The highest BCUT2D eigenvalue weighted by atomic mass is 19.1. The summed E-state index contributed by atoms with van der Waals surface area (Å²) in [5, 5.41) is 0. The summed E-state index contributed by atoms with van der Waals surface area (Å²) in [5.74, 6) is -0.109. The molecule has 2 aliphatic heterocycles. The van der Waals surface area contributed by atoms with Gasteiger partial charge in [0, 0.05) is 32.7 Å². The fourth-order valence-corrected chi connectivity index (χ4v) is 4.43. The van der Waals surface area contributed by atoms with Gasteiger partial charge in [0.05, 0.1) is 24.6 Å². The number of rotatable bonds is 4. The van der Waals surface area contributed by atoms with E-state index in [4.69, 9.17) is 9.47 Å². The number of halogens is 1. The van der Waals surface area contributed by atoms with Gasteiger partial charge in [-0.1, -0.05) is 0 Å². The zero-order chi connectivity index (χ0) is 24.5. The predicted molar refractivity (Wildman–Crippen MR) is 125 cm³/mol. The first-order chi connectivity index (χ1) is 16.2. The van der Waals surface area contributed by atoms with Gasteiger partial charge in [-0.2, -0.15) is 0 Å². The fourth-order valence-electron chi connectivity index (χ4n) is 4.43. The van der Waals surface area contributed by atoms with Crippen LogP contribution < -0.4 is 9.80 Å². The minimum Gasteiger partial charge on any atom is -0.465 e. The molecule has 0 radical (unpaired) electrons. The SMILES string of the molecule is COC(=O)c1cc(F)ccc1N1CCN(CC2CCN(C(=O)OC(C)(C)C)C2)c2ncncc21. The van der Waals surface area contributed by atoms with Gasteiger partial charge < -0.3 is 24.2 Å². The Bertz CT molecular complexity index is 1070. The highest BCUT2D eigenvalue weighted by Crippen LogP contribution is 2.38. The van der Waals surface area contributed by atoms with Crippen molar-refractivity contribution in [3.05, 3.63) is 42.1 Å². The lowest BCUT2D eigenvalue weighted by Crippen LogP contribution is -2.43. The molecule has 0 bridgehead atoms. The van der Waals surface area contributed by atoms with Crippen molar-refractivity contribution < 1.29 is 23.5 Å². The number of methoxy groups -OCH3 is 1. The maximum Gasteiger partial charge on any atom is 0.410 e. The highest BCUT2D eigenvalue weighted by molar-refractivity contribution is 5.97. The van der Waals surface area contributed by atoms with Crippen LogP contribution in [0.3, 0.4) is 0 Å². The van der Waals surface area contributed by atoms with Crippen LogP contribution in [0.5, 0.6) is 0 Å². The van der Waals surface area contributed by atoms with Crippen LogP contribution in [-0.4, -0.2) is 72.4 Å². The molecule has 0 N–H and O–H groups in total. The monoisotopic (exact) mass is 471 g/mol. The Morgan fingerprint density at radius 1 is 1.18 bits per heavy atom. The second kappa shape index (κ2) is 9.44. The number of carbonyl (C=O) groups excluding carboxylic acids is 2. The molecular weight excluding hydrogens is 441 g/mol. The van der Waals surface area contributed by atoms with Gasteiger partial charge in [-0.05, 0) is 51.3 Å². The van der Waals surface area contributed by atoms with Gasteiger partial charge in [0.15, 0.2) is 5.82 Å². The zero-order valence-corrected chi connectivity index (χ0v) is 20.0. The zero-order valence-electron chi connectivity index (χ0n) is 20.0. The van der Waals surface area contributed by atoms with Gasteiger partial charge in [0.1, 0.15) is 23.4 Å². The summed E-state index contributed by atoms with van der Waals surface area (Å²) in [7, 11) is 1.27. The van der Waals surface area contributed by atoms with E-state index in [2.05, 4.69) is 14.9 Å². The van der Waals surface area contributed by atoms with E-state index in [1.54, 1.807) is 17.2 Å². The molecule has 0 spiro atoms. The number of ether oxygens (including phenoxy) is 2. The third kappa shape index (κ3) is 5.05. The molecule has 1 aromatic heterocycles. The van der Waals surface area contributed by atoms with E-state index in [1.165, 1.54) is 25.6 Å². The highest BCUT2D eigenvalue weighted by Gasteiger charge is 2.34. The number of likely N-dealkylation sites (tertiary alicyclic amines) is 1. The third-order valence-electron chi connectivity index (χ3n) is 5.93. The third-order valence-corrected chi connectivity index (χ3v) is 5.93. The molecule has 1 aromatic carbocycles. The van der Waals surface area contributed by atoms with Crippen LogP contribution in [0.1, 0.15) is 37.6 Å². The van der Waals surface area contributed by atoms with Crippen LogP contribution in [0.25, 0.3) is 0 Å². The molecular formula is C24H30FN5O4. The van der Waals surface area contributed by atoms with Crippen LogP contribution in [0, 0.1) is 11.7 Å². The van der Waals surface area contributed by atoms with E-state index < -0.39 is 17.4 Å². The molecule has 3 heterocycles. The number of carbonyl (C=O) groups is 2. The van der Waals surface area contributed by atoms with E-state index in [0.717, 1.165) is 24.5 Å². The molecule has 1 unspecified atom stereocenters. The molecule has 2 aliphatic rings. The van der Waals surface area contributed by atoms with Crippen LogP contribution in [0.4, 0.5) is 26.4 Å². The number of anilines is 3. The average molecular weight is 472 g/mol. The van der Waals surface area contributed by atoms with Gasteiger partial charge in [0.2, 0.25) is 0 Å². The van der Waals surface area contributed by atoms with Crippen molar-refractivity contribution in [2.75, 3.05) is 49.6 Å². The van der Waals surface area contributed by atoms with Crippen molar-refractivity contribution in [3.63, 3.8) is 0 Å². The number of hydrogen-bond donors (Lipinski definition) is 0. The van der Waals surface area contributed by atoms with Gasteiger partial charge in [-0.3, -0.25) is 0 Å². The Kier molecular flexibility index (Phi) is 6.58. The summed E-state index contributed by atoms with van der Waals surface area (Å²) in [4.78, 5) is 39.3. The lowest BCUT2D eigenvalue weighted by Gasteiger charge is -2.39. The van der Waals surface area contributed by atoms with Crippen molar-refractivity contribution in [2.24, 2.45) is 5.92 Å². The molecule has 182 valence electrons. The molecule has 34 heavy (non-hydrogen) atoms. The summed E-state index contributed by atoms with van der Waals surface area (Å²) in [6.07, 6.45) is 3.78. The van der Waals surface area contributed by atoms with Crippen molar-refractivity contribution in [1.29, 1.82) is 0 Å². The number of fused-ring (bicyclic) bond motifs is 1. The van der Waals surface area contributed by atoms with Crippen LogP contribution >= 0.6 is 0 Å². The van der Waals surface area contributed by atoms with E-state index in [-0.39, 0.29) is 17.6 Å². The van der Waals surface area contributed by atoms with Crippen LogP contribution in [-0.2, 0) is 9.47 Å². The van der Waals surface area contributed by atoms with Crippen LogP contribution in [0.15, 0.2) is 30.7 Å². The maximum absolute atomic E-state index is 13.9.